The maximum Gasteiger partial charge on any atom is 0.320 e. The molecule has 2 rings (SSSR count). The van der Waals surface area contributed by atoms with Gasteiger partial charge in [0.25, 0.3) is 0 Å². The second-order valence-corrected chi connectivity index (χ2v) is 5.48. The van der Waals surface area contributed by atoms with E-state index in [0.29, 0.717) is 5.02 Å². The van der Waals surface area contributed by atoms with E-state index in [1.165, 1.54) is 13.2 Å². The van der Waals surface area contributed by atoms with Gasteiger partial charge in [0, 0.05) is 23.3 Å². The Morgan fingerprint density at radius 1 is 1.44 bits per heavy atom. The van der Waals surface area contributed by atoms with Gasteiger partial charge >= 0.3 is 6.03 Å². The van der Waals surface area contributed by atoms with Gasteiger partial charge in [0.2, 0.25) is 5.90 Å². The highest BCUT2D eigenvalue weighted by atomic mass is 35.5. The Balaban J connectivity index is 2.07. The smallest absolute Gasteiger partial charge is 0.320 e. The minimum Gasteiger partial charge on any atom is -0.481 e. The molecule has 0 saturated carbocycles. The maximum atomic E-state index is 12.0. The van der Waals surface area contributed by atoms with Crippen molar-refractivity contribution in [2.75, 3.05) is 18.2 Å². The molecule has 25 heavy (non-hydrogen) atoms. The Labute approximate surface area is 149 Å². The zero-order chi connectivity index (χ0) is 18.4. The van der Waals surface area contributed by atoms with Gasteiger partial charge in [-0.15, -0.1) is 0 Å². The number of aromatic nitrogens is 1. The standard InChI is InChI=1S/C16H18ClN5O3/c1-25-15(19)14-11(18)6-13(21-12(14)8-23)22-16(24)20-7-9-3-2-4-10(17)5-9/h2-6,19,23H,7-8H2,1H3,(H4,18,20,21,22,24). The van der Waals surface area contributed by atoms with Crippen LogP contribution in [0.4, 0.5) is 16.3 Å². The zero-order valence-electron chi connectivity index (χ0n) is 13.5. The lowest BCUT2D eigenvalue weighted by Crippen LogP contribution is -2.29. The van der Waals surface area contributed by atoms with Crippen molar-refractivity contribution in [2.24, 2.45) is 0 Å². The minimum absolute atomic E-state index is 0.136. The molecule has 0 aliphatic heterocycles. The van der Waals surface area contributed by atoms with Crippen LogP contribution in [0.3, 0.4) is 0 Å². The lowest BCUT2D eigenvalue weighted by molar-refractivity contribution is 0.251. The molecule has 0 unspecified atom stereocenters. The van der Waals surface area contributed by atoms with E-state index in [9.17, 15) is 9.90 Å². The number of carbonyl (C=O) groups excluding carboxylic acids is 1. The molecule has 0 aliphatic rings. The number of halogens is 1. The van der Waals surface area contributed by atoms with Crippen molar-refractivity contribution < 1.29 is 14.6 Å². The number of aliphatic hydroxyl groups is 1. The van der Waals surface area contributed by atoms with Crippen molar-refractivity contribution in [3.05, 3.63) is 52.2 Å². The normalized spacial score (nSPS) is 10.2. The molecular weight excluding hydrogens is 346 g/mol. The van der Waals surface area contributed by atoms with Crippen LogP contribution in [0.1, 0.15) is 16.8 Å². The highest BCUT2D eigenvalue weighted by molar-refractivity contribution is 6.30. The summed E-state index contributed by atoms with van der Waals surface area (Å²) in [5.41, 5.74) is 7.20. The van der Waals surface area contributed by atoms with Crippen molar-refractivity contribution in [2.45, 2.75) is 13.2 Å². The third-order valence-electron chi connectivity index (χ3n) is 3.29. The van der Waals surface area contributed by atoms with Crippen LogP contribution in [0.5, 0.6) is 0 Å². The van der Waals surface area contributed by atoms with Crippen LogP contribution in [0.15, 0.2) is 30.3 Å². The van der Waals surface area contributed by atoms with Crippen LogP contribution in [-0.4, -0.2) is 29.1 Å². The summed E-state index contributed by atoms with van der Waals surface area (Å²) in [7, 11) is 1.32. The molecular formula is C16H18ClN5O3. The monoisotopic (exact) mass is 363 g/mol. The fourth-order valence-corrected chi connectivity index (χ4v) is 2.36. The van der Waals surface area contributed by atoms with Crippen LogP contribution >= 0.6 is 11.6 Å². The predicted molar refractivity (Wildman–Crippen MR) is 95.7 cm³/mol. The second-order valence-electron chi connectivity index (χ2n) is 5.05. The Hall–Kier alpha value is -2.84. The van der Waals surface area contributed by atoms with E-state index in [1.807, 2.05) is 6.07 Å². The van der Waals surface area contributed by atoms with Gasteiger partial charge < -0.3 is 20.9 Å². The van der Waals surface area contributed by atoms with Crippen LogP contribution in [0, 0.1) is 5.41 Å². The van der Waals surface area contributed by atoms with Crippen molar-refractivity contribution in [1.82, 2.24) is 10.3 Å². The molecule has 0 bridgehead atoms. The number of anilines is 2. The van der Waals surface area contributed by atoms with Gasteiger partial charge in [-0.1, -0.05) is 23.7 Å². The third-order valence-corrected chi connectivity index (χ3v) is 3.52. The number of nitrogens with zero attached hydrogens (tertiary/aromatic N) is 1. The first-order valence-corrected chi connectivity index (χ1v) is 7.64. The minimum atomic E-state index is -0.495. The van der Waals surface area contributed by atoms with Gasteiger partial charge in [0.1, 0.15) is 5.82 Å². The number of methoxy groups -OCH3 is 1. The largest absolute Gasteiger partial charge is 0.481 e. The summed E-state index contributed by atoms with van der Waals surface area (Å²) in [6.07, 6.45) is 0. The van der Waals surface area contributed by atoms with E-state index in [-0.39, 0.29) is 35.2 Å². The quantitative estimate of drug-likeness (QED) is 0.409. The summed E-state index contributed by atoms with van der Waals surface area (Å²) in [5.74, 6) is -0.0659. The summed E-state index contributed by atoms with van der Waals surface area (Å²) in [6.45, 7) is -0.175. The Kier molecular flexibility index (Phi) is 6.15. The van der Waals surface area contributed by atoms with Gasteiger partial charge in [-0.05, 0) is 17.7 Å². The molecule has 0 saturated heterocycles. The highest BCUT2D eigenvalue weighted by Crippen LogP contribution is 2.21. The first kappa shape index (κ1) is 18.5. The number of ether oxygens (including phenoxy) is 1. The first-order chi connectivity index (χ1) is 11.9. The number of rotatable bonds is 5. The number of nitrogens with one attached hydrogen (secondary N) is 3. The van der Waals surface area contributed by atoms with E-state index in [2.05, 4.69) is 15.6 Å². The van der Waals surface area contributed by atoms with Crippen LogP contribution in [-0.2, 0) is 17.9 Å². The number of hydrogen-bond donors (Lipinski definition) is 5. The number of urea groups is 1. The summed E-state index contributed by atoms with van der Waals surface area (Å²) >= 11 is 5.89. The van der Waals surface area contributed by atoms with Crippen molar-refractivity contribution in [3.8, 4) is 0 Å². The molecule has 132 valence electrons. The average Bonchev–Trinajstić information content (AvgIpc) is 2.59. The highest BCUT2D eigenvalue weighted by Gasteiger charge is 2.16. The summed E-state index contributed by atoms with van der Waals surface area (Å²) < 4.78 is 4.82. The number of carbonyl (C=O) groups is 1. The Morgan fingerprint density at radius 2 is 2.20 bits per heavy atom. The Morgan fingerprint density at radius 3 is 2.84 bits per heavy atom. The number of benzene rings is 1. The van der Waals surface area contributed by atoms with Gasteiger partial charge in [-0.3, -0.25) is 10.7 Å². The summed E-state index contributed by atoms with van der Waals surface area (Å²) in [4.78, 5) is 16.1. The predicted octanol–water partition coefficient (Wildman–Crippen LogP) is 2.10. The molecule has 6 N–H and O–H groups in total. The summed E-state index contributed by atoms with van der Waals surface area (Å²) in [6, 6.07) is 8.00. The second kappa shape index (κ2) is 8.32. The van der Waals surface area contributed by atoms with Gasteiger partial charge in [-0.2, -0.15) is 0 Å². The van der Waals surface area contributed by atoms with Crippen molar-refractivity contribution in [3.63, 3.8) is 0 Å². The maximum absolute atomic E-state index is 12.0. The number of amides is 2. The van der Waals surface area contributed by atoms with Gasteiger partial charge in [0.15, 0.2) is 0 Å². The molecule has 1 heterocycles. The molecule has 0 fully saturated rings. The lowest BCUT2D eigenvalue weighted by atomic mass is 10.1. The average molecular weight is 364 g/mol. The molecule has 9 heteroatoms. The number of nitrogen functional groups attached to an aromatic ring is 1. The molecule has 2 amide bonds. The molecule has 0 radical (unpaired) electrons. The van der Waals surface area contributed by atoms with Gasteiger partial charge in [-0.25, -0.2) is 9.78 Å². The van der Waals surface area contributed by atoms with E-state index < -0.39 is 12.6 Å². The lowest BCUT2D eigenvalue weighted by Gasteiger charge is -2.13. The molecule has 2 aromatic rings. The number of nitrogens with two attached hydrogens (primary N) is 1. The van der Waals surface area contributed by atoms with Gasteiger partial charge in [0.05, 0.1) is 25.0 Å². The summed E-state index contributed by atoms with van der Waals surface area (Å²) in [5, 5.41) is 22.9. The van der Waals surface area contributed by atoms with Crippen LogP contribution in [0.25, 0.3) is 0 Å². The van der Waals surface area contributed by atoms with E-state index >= 15 is 0 Å². The zero-order valence-corrected chi connectivity index (χ0v) is 14.2. The molecule has 1 aromatic carbocycles. The van der Waals surface area contributed by atoms with Crippen LogP contribution in [0.2, 0.25) is 5.02 Å². The van der Waals surface area contributed by atoms with Crippen molar-refractivity contribution in [1.29, 1.82) is 5.41 Å². The fraction of sp³-hybridized carbons (Fsp3) is 0.188. The fourth-order valence-electron chi connectivity index (χ4n) is 2.15. The van der Waals surface area contributed by atoms with Crippen molar-refractivity contribution >= 4 is 35.0 Å². The number of pyridine rings is 1. The number of aliphatic hydroxyl groups excluding tert-OH is 1. The molecule has 0 atom stereocenters. The van der Waals surface area contributed by atoms with E-state index in [1.54, 1.807) is 18.2 Å². The molecule has 0 spiro atoms. The Bertz CT molecular complexity index is 797. The molecule has 1 aromatic heterocycles. The molecule has 0 aliphatic carbocycles. The third kappa shape index (κ3) is 4.82. The number of hydrogen-bond acceptors (Lipinski definition) is 6. The topological polar surface area (TPSA) is 133 Å². The first-order valence-electron chi connectivity index (χ1n) is 7.27. The van der Waals surface area contributed by atoms with E-state index in [0.717, 1.165) is 5.56 Å². The molecule has 8 nitrogen and oxygen atoms in total. The van der Waals surface area contributed by atoms with Crippen LogP contribution < -0.4 is 16.4 Å². The SMILES string of the molecule is COC(=N)c1c(N)cc(NC(=O)NCc2cccc(Cl)c2)nc1CO. The van der Waals surface area contributed by atoms with E-state index in [4.69, 9.17) is 27.5 Å².